The Morgan fingerprint density at radius 2 is 2.04 bits per heavy atom. The van der Waals surface area contributed by atoms with Crippen LogP contribution in [0.3, 0.4) is 0 Å². The number of benzene rings is 1. The molecule has 0 spiro atoms. The van der Waals surface area contributed by atoms with Gasteiger partial charge in [-0.1, -0.05) is 23.2 Å². The number of halogens is 2. The molecule has 0 aliphatic rings. The fourth-order valence-corrected chi connectivity index (χ4v) is 2.01. The lowest BCUT2D eigenvalue weighted by Gasteiger charge is -2.07. The SMILES string of the molecule is C/C(CC(=O)Nc1cc(Cl)ccc1Cl)=N/NC(=O)c1ccco1. The van der Waals surface area contributed by atoms with Crippen molar-refractivity contribution in [3.63, 3.8) is 0 Å². The van der Waals surface area contributed by atoms with E-state index < -0.39 is 5.91 Å². The highest BCUT2D eigenvalue weighted by molar-refractivity contribution is 6.35. The summed E-state index contributed by atoms with van der Waals surface area (Å²) in [4.78, 5) is 23.6. The summed E-state index contributed by atoms with van der Waals surface area (Å²) in [5, 5.41) is 7.31. The summed E-state index contributed by atoms with van der Waals surface area (Å²) in [5.41, 5.74) is 3.13. The van der Waals surface area contributed by atoms with Crippen LogP contribution in [0.1, 0.15) is 23.9 Å². The molecular formula is C15H13Cl2N3O3. The van der Waals surface area contributed by atoms with Crippen molar-refractivity contribution in [3.05, 3.63) is 52.4 Å². The first kappa shape index (κ1) is 17.1. The number of nitrogens with zero attached hydrogens (tertiary/aromatic N) is 1. The van der Waals surface area contributed by atoms with Crippen LogP contribution in [0.25, 0.3) is 0 Å². The molecular weight excluding hydrogens is 341 g/mol. The summed E-state index contributed by atoms with van der Waals surface area (Å²) in [6, 6.07) is 7.86. The lowest BCUT2D eigenvalue weighted by molar-refractivity contribution is -0.115. The number of carbonyl (C=O) groups is 2. The Kier molecular flexibility index (Phi) is 5.78. The standard InChI is InChI=1S/C15H13Cl2N3O3/c1-9(19-20-15(22)13-3-2-6-23-13)7-14(21)18-12-8-10(16)4-5-11(12)17/h2-6,8H,7H2,1H3,(H,18,21)(H,20,22)/b19-9-. The van der Waals surface area contributed by atoms with E-state index in [4.69, 9.17) is 27.6 Å². The number of rotatable bonds is 5. The van der Waals surface area contributed by atoms with Crippen molar-refractivity contribution in [1.29, 1.82) is 0 Å². The first-order valence-electron chi connectivity index (χ1n) is 6.57. The Morgan fingerprint density at radius 3 is 2.74 bits per heavy atom. The molecule has 0 unspecified atom stereocenters. The van der Waals surface area contributed by atoms with Gasteiger partial charge in [-0.3, -0.25) is 9.59 Å². The van der Waals surface area contributed by atoms with Crippen molar-refractivity contribution >= 4 is 46.4 Å². The molecule has 0 atom stereocenters. The van der Waals surface area contributed by atoms with Crippen LogP contribution in [0.15, 0.2) is 46.1 Å². The average Bonchev–Trinajstić information content (AvgIpc) is 3.03. The van der Waals surface area contributed by atoms with Crippen LogP contribution in [0, 0.1) is 0 Å². The van der Waals surface area contributed by atoms with Gasteiger partial charge in [-0.2, -0.15) is 5.10 Å². The number of hydrogen-bond acceptors (Lipinski definition) is 4. The van der Waals surface area contributed by atoms with Gasteiger partial charge < -0.3 is 9.73 Å². The summed E-state index contributed by atoms with van der Waals surface area (Å²) < 4.78 is 4.92. The van der Waals surface area contributed by atoms with Gasteiger partial charge in [0.15, 0.2) is 5.76 Å². The fraction of sp³-hybridized carbons (Fsp3) is 0.133. The number of furan rings is 1. The fourth-order valence-electron chi connectivity index (χ4n) is 1.67. The largest absolute Gasteiger partial charge is 0.459 e. The maximum Gasteiger partial charge on any atom is 0.307 e. The van der Waals surface area contributed by atoms with Crippen LogP contribution in [0.5, 0.6) is 0 Å². The van der Waals surface area contributed by atoms with E-state index in [1.54, 1.807) is 31.2 Å². The molecule has 1 heterocycles. The number of nitrogens with one attached hydrogen (secondary N) is 2. The smallest absolute Gasteiger partial charge is 0.307 e. The van der Waals surface area contributed by atoms with E-state index in [-0.39, 0.29) is 18.1 Å². The number of hydrazone groups is 1. The molecule has 0 saturated heterocycles. The van der Waals surface area contributed by atoms with E-state index in [0.29, 0.717) is 21.4 Å². The Morgan fingerprint density at radius 1 is 1.26 bits per heavy atom. The van der Waals surface area contributed by atoms with Crippen LogP contribution in [-0.2, 0) is 4.79 Å². The minimum atomic E-state index is -0.493. The lowest BCUT2D eigenvalue weighted by Crippen LogP contribution is -2.21. The minimum absolute atomic E-state index is 0.0126. The van der Waals surface area contributed by atoms with E-state index in [0.717, 1.165) is 0 Å². The molecule has 2 rings (SSSR count). The quantitative estimate of drug-likeness (QED) is 0.634. The van der Waals surface area contributed by atoms with E-state index in [1.165, 1.54) is 12.3 Å². The molecule has 120 valence electrons. The van der Waals surface area contributed by atoms with Crippen molar-refractivity contribution in [2.24, 2.45) is 5.10 Å². The molecule has 0 saturated carbocycles. The Balaban J connectivity index is 1.90. The third-order valence-corrected chi connectivity index (χ3v) is 3.28. The molecule has 2 aromatic rings. The molecule has 0 aliphatic carbocycles. The molecule has 0 bridgehead atoms. The second kappa shape index (κ2) is 7.80. The number of carbonyl (C=O) groups excluding carboxylic acids is 2. The van der Waals surface area contributed by atoms with Crippen LogP contribution < -0.4 is 10.7 Å². The van der Waals surface area contributed by atoms with E-state index in [1.807, 2.05) is 0 Å². The highest BCUT2D eigenvalue weighted by Gasteiger charge is 2.10. The summed E-state index contributed by atoms with van der Waals surface area (Å²) in [5.74, 6) is -0.688. The van der Waals surface area contributed by atoms with Gasteiger partial charge in [0.2, 0.25) is 5.91 Å². The van der Waals surface area contributed by atoms with Crippen molar-refractivity contribution in [2.45, 2.75) is 13.3 Å². The van der Waals surface area contributed by atoms with Crippen LogP contribution in [-0.4, -0.2) is 17.5 Å². The predicted molar refractivity (Wildman–Crippen MR) is 89.0 cm³/mol. The zero-order chi connectivity index (χ0) is 16.8. The van der Waals surface area contributed by atoms with Crippen molar-refractivity contribution in [3.8, 4) is 0 Å². The highest BCUT2D eigenvalue weighted by Crippen LogP contribution is 2.25. The second-order valence-corrected chi connectivity index (χ2v) is 5.46. The zero-order valence-corrected chi connectivity index (χ0v) is 13.6. The molecule has 8 heteroatoms. The molecule has 2 amide bonds. The predicted octanol–water partition coefficient (Wildman–Crippen LogP) is 3.72. The first-order valence-corrected chi connectivity index (χ1v) is 7.33. The second-order valence-electron chi connectivity index (χ2n) is 4.61. The van der Waals surface area contributed by atoms with Gasteiger partial charge in [0.05, 0.1) is 23.4 Å². The van der Waals surface area contributed by atoms with Gasteiger partial charge in [-0.05, 0) is 37.3 Å². The van der Waals surface area contributed by atoms with Crippen molar-refractivity contribution in [1.82, 2.24) is 5.43 Å². The van der Waals surface area contributed by atoms with E-state index >= 15 is 0 Å². The van der Waals surface area contributed by atoms with Gasteiger partial charge >= 0.3 is 5.91 Å². The third-order valence-electron chi connectivity index (χ3n) is 2.71. The number of hydrogen-bond donors (Lipinski definition) is 2. The van der Waals surface area contributed by atoms with E-state index in [2.05, 4.69) is 15.8 Å². The van der Waals surface area contributed by atoms with Crippen LogP contribution in [0.2, 0.25) is 10.0 Å². The Bertz CT molecular complexity index is 742. The van der Waals surface area contributed by atoms with Crippen LogP contribution in [0.4, 0.5) is 5.69 Å². The van der Waals surface area contributed by atoms with Gasteiger partial charge in [-0.15, -0.1) is 0 Å². The average molecular weight is 354 g/mol. The maximum absolute atomic E-state index is 11.9. The summed E-state index contributed by atoms with van der Waals surface area (Å²) >= 11 is 11.8. The van der Waals surface area contributed by atoms with Gasteiger partial charge in [0.1, 0.15) is 0 Å². The van der Waals surface area contributed by atoms with Crippen molar-refractivity contribution in [2.75, 3.05) is 5.32 Å². The molecule has 6 nitrogen and oxygen atoms in total. The molecule has 0 aliphatic heterocycles. The summed E-state index contributed by atoms with van der Waals surface area (Å²) in [6.07, 6.45) is 1.37. The molecule has 1 aromatic heterocycles. The topological polar surface area (TPSA) is 83.7 Å². The lowest BCUT2D eigenvalue weighted by atomic mass is 10.2. The molecule has 1 aromatic carbocycles. The normalized spacial score (nSPS) is 11.2. The Hall–Kier alpha value is -2.31. The number of anilines is 1. The summed E-state index contributed by atoms with van der Waals surface area (Å²) in [7, 11) is 0. The monoisotopic (exact) mass is 353 g/mol. The van der Waals surface area contributed by atoms with Gasteiger partial charge in [-0.25, -0.2) is 5.43 Å². The zero-order valence-electron chi connectivity index (χ0n) is 12.1. The van der Waals surface area contributed by atoms with Crippen molar-refractivity contribution < 1.29 is 14.0 Å². The van der Waals surface area contributed by atoms with Gasteiger partial charge in [0.25, 0.3) is 0 Å². The van der Waals surface area contributed by atoms with Crippen LogP contribution >= 0.6 is 23.2 Å². The third kappa shape index (κ3) is 5.12. The molecule has 2 N–H and O–H groups in total. The molecule has 0 radical (unpaired) electrons. The minimum Gasteiger partial charge on any atom is -0.459 e. The summed E-state index contributed by atoms with van der Waals surface area (Å²) in [6.45, 7) is 1.61. The van der Waals surface area contributed by atoms with Gasteiger partial charge in [0, 0.05) is 10.7 Å². The maximum atomic E-state index is 11.9. The number of amides is 2. The molecule has 0 fully saturated rings. The highest BCUT2D eigenvalue weighted by atomic mass is 35.5. The first-order chi connectivity index (χ1) is 11.0. The molecule has 23 heavy (non-hydrogen) atoms. The van der Waals surface area contributed by atoms with E-state index in [9.17, 15) is 9.59 Å². The Labute approximate surface area is 142 Å².